The molecule has 0 amide bonds. The van der Waals surface area contributed by atoms with E-state index in [4.69, 9.17) is 23.1 Å². The molecule has 88 valence electrons. The Balaban J connectivity index is 2.34. The molecule has 2 nitrogen and oxygen atoms in total. The highest BCUT2D eigenvalue weighted by atomic mass is 35.7. The Kier molecular flexibility index (Phi) is 3.90. The van der Waals surface area contributed by atoms with Gasteiger partial charge in [-0.05, 0) is 34.5 Å². The quantitative estimate of drug-likeness (QED) is 0.772. The first-order valence-corrected chi connectivity index (χ1v) is 7.73. The molecule has 17 heavy (non-hydrogen) atoms. The highest BCUT2D eigenvalue weighted by Gasteiger charge is 2.22. The zero-order chi connectivity index (χ0) is 12.3. The highest BCUT2D eigenvalue weighted by molar-refractivity contribution is 7.91. The van der Waals surface area contributed by atoms with Crippen LogP contribution in [0.15, 0.2) is 54.6 Å². The summed E-state index contributed by atoms with van der Waals surface area (Å²) in [4.78, 5) is 0. The molecule has 0 fully saturated rings. The van der Waals surface area contributed by atoms with Gasteiger partial charge in [0.1, 0.15) is 0 Å². The molecule has 1 atom stereocenters. The number of rotatable bonds is 3. The van der Waals surface area contributed by atoms with E-state index in [1.165, 1.54) is 0 Å². The summed E-state index contributed by atoms with van der Waals surface area (Å²) in [7, 11) is 0. The van der Waals surface area contributed by atoms with E-state index in [9.17, 15) is 4.57 Å². The minimum absolute atomic E-state index is 0.383. The summed E-state index contributed by atoms with van der Waals surface area (Å²) in [6.45, 7) is -3.40. The van der Waals surface area contributed by atoms with Gasteiger partial charge < -0.3 is 0 Å². The first-order valence-electron chi connectivity index (χ1n) is 4.89. The predicted molar refractivity (Wildman–Crippen MR) is 71.9 cm³/mol. The van der Waals surface area contributed by atoms with Crippen LogP contribution in [0.1, 0.15) is 0 Å². The lowest BCUT2D eigenvalue weighted by molar-refractivity contribution is 0.529. The van der Waals surface area contributed by atoms with Gasteiger partial charge >= 0.3 is 6.72 Å². The number of benzene rings is 2. The molecule has 0 aliphatic carbocycles. The fraction of sp³-hybridized carbons (Fsp3) is 0. The Bertz CT molecular complexity index is 540. The average Bonchev–Trinajstić information content (AvgIpc) is 2.40. The van der Waals surface area contributed by atoms with Gasteiger partial charge in [0.2, 0.25) is 0 Å². The van der Waals surface area contributed by atoms with Gasteiger partial charge in [-0.2, -0.15) is 0 Å². The molecule has 2 aromatic rings. The monoisotopic (exact) mass is 286 g/mol. The highest BCUT2D eigenvalue weighted by Crippen LogP contribution is 2.52. The molecule has 0 bridgehead atoms. The minimum Gasteiger partial charge on any atom is -0.268 e. The summed E-state index contributed by atoms with van der Waals surface area (Å²) < 4.78 is 15.9. The lowest BCUT2D eigenvalue weighted by atomic mass is 10.1. The van der Waals surface area contributed by atoms with Crippen molar-refractivity contribution in [2.24, 2.45) is 0 Å². The van der Waals surface area contributed by atoms with Crippen molar-refractivity contribution in [1.82, 2.24) is 0 Å². The second-order valence-electron chi connectivity index (χ2n) is 3.46. The molecule has 1 unspecified atom stereocenters. The molecule has 0 aromatic heterocycles. The van der Waals surface area contributed by atoms with E-state index in [1.807, 2.05) is 42.5 Å². The first kappa shape index (κ1) is 12.7. The van der Waals surface area contributed by atoms with Crippen molar-refractivity contribution < 1.29 is 8.64 Å². The molecule has 0 aliphatic rings. The van der Waals surface area contributed by atoms with E-state index < -0.39 is 6.72 Å². The van der Waals surface area contributed by atoms with Crippen LogP contribution in [0, 0.1) is 0 Å². The molecular formula is C12H9Cl2O2P. The smallest absolute Gasteiger partial charge is 0.268 e. The number of hydrogen-bond acceptors (Lipinski definition) is 2. The van der Waals surface area contributed by atoms with Crippen LogP contribution in [-0.2, 0) is 8.64 Å². The third-order valence-corrected chi connectivity index (χ3v) is 5.05. The number of halogens is 2. The molecule has 2 rings (SSSR count). The maximum atomic E-state index is 11.6. The SMILES string of the molecule is O=P(Cl)(OCl)c1ccc(-c2ccccc2)cc1. The van der Waals surface area contributed by atoms with Crippen LogP contribution in [0.3, 0.4) is 0 Å². The van der Waals surface area contributed by atoms with Crippen LogP contribution in [0.5, 0.6) is 0 Å². The van der Waals surface area contributed by atoms with Gasteiger partial charge in [-0.3, -0.25) is 4.57 Å². The van der Waals surface area contributed by atoms with E-state index in [-0.39, 0.29) is 0 Å². The van der Waals surface area contributed by atoms with Crippen molar-refractivity contribution in [3.8, 4) is 11.1 Å². The third-order valence-electron chi connectivity index (χ3n) is 2.37. The molecule has 2 aromatic carbocycles. The minimum atomic E-state index is -3.40. The molecule has 0 N–H and O–H groups in total. The fourth-order valence-corrected chi connectivity index (χ4v) is 2.66. The van der Waals surface area contributed by atoms with Crippen LogP contribution in [0.4, 0.5) is 0 Å². The van der Waals surface area contributed by atoms with Crippen LogP contribution in [0.25, 0.3) is 11.1 Å². The van der Waals surface area contributed by atoms with Gasteiger partial charge in [0.15, 0.2) is 0 Å². The second kappa shape index (κ2) is 5.24. The maximum Gasteiger partial charge on any atom is 0.335 e. The standard InChI is InChI=1S/C12H9Cl2O2P/c13-16-17(14,15)12-8-6-11(7-9-12)10-4-2-1-3-5-10/h1-9H. The summed E-state index contributed by atoms with van der Waals surface area (Å²) in [5, 5.41) is 0.383. The molecule has 0 saturated heterocycles. The Morgan fingerprint density at radius 3 is 1.94 bits per heavy atom. The Morgan fingerprint density at radius 2 is 1.41 bits per heavy atom. The normalized spacial score (nSPS) is 14.2. The first-order chi connectivity index (χ1) is 8.13. The Morgan fingerprint density at radius 1 is 0.882 bits per heavy atom. The van der Waals surface area contributed by atoms with Gasteiger partial charge in [-0.25, -0.2) is 4.08 Å². The topological polar surface area (TPSA) is 26.3 Å². The molecule has 0 radical (unpaired) electrons. The zero-order valence-electron chi connectivity index (χ0n) is 8.72. The Labute approximate surface area is 110 Å². The van der Waals surface area contributed by atoms with Crippen molar-refractivity contribution in [3.63, 3.8) is 0 Å². The largest absolute Gasteiger partial charge is 0.335 e. The van der Waals surface area contributed by atoms with Gasteiger partial charge in [0, 0.05) is 0 Å². The third kappa shape index (κ3) is 2.91. The summed E-state index contributed by atoms with van der Waals surface area (Å²) in [6, 6.07) is 16.8. The second-order valence-corrected chi connectivity index (χ2v) is 6.82. The van der Waals surface area contributed by atoms with E-state index in [1.54, 1.807) is 12.1 Å². The van der Waals surface area contributed by atoms with Crippen molar-refractivity contribution in [2.75, 3.05) is 0 Å². The molecule has 5 heteroatoms. The molecule has 0 saturated carbocycles. The van der Waals surface area contributed by atoms with Gasteiger partial charge in [-0.15, -0.1) is 0 Å². The molecule has 0 spiro atoms. The summed E-state index contributed by atoms with van der Waals surface area (Å²) in [5.41, 5.74) is 2.09. The lowest BCUT2D eigenvalue weighted by Crippen LogP contribution is -1.99. The number of hydrogen-bond donors (Lipinski definition) is 0. The van der Waals surface area contributed by atoms with Crippen molar-refractivity contribution in [3.05, 3.63) is 54.6 Å². The van der Waals surface area contributed by atoms with Gasteiger partial charge in [-0.1, -0.05) is 42.5 Å². The Hall–Kier alpha value is -0.790. The predicted octanol–water partition coefficient (Wildman–Crippen LogP) is 4.58. The van der Waals surface area contributed by atoms with Gasteiger partial charge in [0.05, 0.1) is 17.2 Å². The molecular weight excluding hydrogens is 278 g/mol. The van der Waals surface area contributed by atoms with Gasteiger partial charge in [0.25, 0.3) is 0 Å². The molecule has 0 aliphatic heterocycles. The van der Waals surface area contributed by atoms with Crippen molar-refractivity contribution in [1.29, 1.82) is 0 Å². The summed E-state index contributed by atoms with van der Waals surface area (Å²) in [6.07, 6.45) is 0. The molecule has 0 heterocycles. The van der Waals surface area contributed by atoms with Crippen LogP contribution in [0.2, 0.25) is 0 Å². The summed E-state index contributed by atoms with van der Waals surface area (Å²) >= 11 is 10.7. The zero-order valence-corrected chi connectivity index (χ0v) is 11.1. The van der Waals surface area contributed by atoms with Crippen molar-refractivity contribution in [2.45, 2.75) is 0 Å². The van der Waals surface area contributed by atoms with E-state index >= 15 is 0 Å². The van der Waals surface area contributed by atoms with E-state index in [0.717, 1.165) is 11.1 Å². The average molecular weight is 287 g/mol. The fourth-order valence-electron chi connectivity index (χ4n) is 1.50. The van der Waals surface area contributed by atoms with Crippen LogP contribution in [-0.4, -0.2) is 0 Å². The van der Waals surface area contributed by atoms with Crippen LogP contribution < -0.4 is 5.30 Å². The lowest BCUT2D eigenvalue weighted by Gasteiger charge is -2.07. The van der Waals surface area contributed by atoms with Crippen LogP contribution >= 0.6 is 29.8 Å². The van der Waals surface area contributed by atoms with Crippen molar-refractivity contribution >= 4 is 35.1 Å². The van der Waals surface area contributed by atoms with E-state index in [2.05, 4.69) is 4.08 Å². The van der Waals surface area contributed by atoms with E-state index in [0.29, 0.717) is 5.30 Å². The maximum absolute atomic E-state index is 11.6. The summed E-state index contributed by atoms with van der Waals surface area (Å²) in [5.74, 6) is 0.